The summed E-state index contributed by atoms with van der Waals surface area (Å²) in [7, 11) is 0. The summed E-state index contributed by atoms with van der Waals surface area (Å²) in [6.45, 7) is 4.60. The topological polar surface area (TPSA) is 35.6 Å². The lowest BCUT2D eigenvalue weighted by Crippen LogP contribution is -2.54. The van der Waals surface area contributed by atoms with Crippen LogP contribution in [0.5, 0.6) is 0 Å². The number of benzene rings is 1. The summed E-state index contributed by atoms with van der Waals surface area (Å²) < 4.78 is 0.826. The van der Waals surface area contributed by atoms with Crippen molar-refractivity contribution >= 4 is 40.3 Å². The fourth-order valence-corrected chi connectivity index (χ4v) is 6.04. The van der Waals surface area contributed by atoms with E-state index in [1.165, 1.54) is 43.4 Å². The van der Waals surface area contributed by atoms with Crippen LogP contribution in [0.15, 0.2) is 30.3 Å². The van der Waals surface area contributed by atoms with Gasteiger partial charge in [0.2, 0.25) is 5.91 Å². The molecule has 156 valence electrons. The van der Waals surface area contributed by atoms with Crippen LogP contribution in [-0.2, 0) is 11.3 Å². The molecule has 1 saturated heterocycles. The van der Waals surface area contributed by atoms with Gasteiger partial charge >= 0.3 is 0 Å². The van der Waals surface area contributed by atoms with Gasteiger partial charge in [-0.05, 0) is 30.1 Å². The fraction of sp³-hybridized carbons (Fsp3) is 0.682. The minimum atomic E-state index is -0.0360. The summed E-state index contributed by atoms with van der Waals surface area (Å²) in [6.07, 6.45) is 6.97. The number of piperazine rings is 1. The van der Waals surface area contributed by atoms with Crippen molar-refractivity contribution in [1.82, 2.24) is 15.1 Å². The maximum Gasteiger partial charge on any atom is 0.240 e. The molecule has 1 aliphatic carbocycles. The Morgan fingerprint density at radius 2 is 1.82 bits per heavy atom. The fourth-order valence-electron chi connectivity index (χ4n) is 4.21. The molecular formula is C22H34IN3OS. The second-order valence-electron chi connectivity index (χ2n) is 8.02. The molecule has 1 unspecified atom stereocenters. The van der Waals surface area contributed by atoms with Crippen molar-refractivity contribution in [2.75, 3.05) is 42.2 Å². The quantitative estimate of drug-likeness (QED) is 0.307. The van der Waals surface area contributed by atoms with E-state index in [-0.39, 0.29) is 6.04 Å². The van der Waals surface area contributed by atoms with Gasteiger partial charge < -0.3 is 4.90 Å². The first kappa shape index (κ1) is 22.4. The van der Waals surface area contributed by atoms with Gasteiger partial charge in [0.25, 0.3) is 0 Å². The van der Waals surface area contributed by atoms with Gasteiger partial charge in [-0.25, -0.2) is 0 Å². The van der Waals surface area contributed by atoms with E-state index >= 15 is 0 Å². The van der Waals surface area contributed by atoms with Gasteiger partial charge in [0.1, 0.15) is 0 Å². The molecule has 3 rings (SSSR count). The molecule has 1 amide bonds. The summed E-state index contributed by atoms with van der Waals surface area (Å²) >= 11 is 4.30. The summed E-state index contributed by atoms with van der Waals surface area (Å²) in [5.41, 5.74) is 1.35. The zero-order valence-corrected chi connectivity index (χ0v) is 19.8. The number of hydrogen-bond acceptors (Lipinski definition) is 4. The Balaban J connectivity index is 1.41. The smallest absolute Gasteiger partial charge is 0.240 e. The first-order chi connectivity index (χ1) is 13.8. The van der Waals surface area contributed by atoms with Crippen LogP contribution < -0.4 is 5.32 Å². The number of carbonyl (C=O) groups excluding carboxylic acids is 1. The van der Waals surface area contributed by atoms with Gasteiger partial charge in [-0.15, -0.1) is 0 Å². The van der Waals surface area contributed by atoms with Crippen LogP contribution in [0.4, 0.5) is 0 Å². The van der Waals surface area contributed by atoms with Gasteiger partial charge in [-0.1, -0.05) is 72.2 Å². The molecule has 0 aromatic heterocycles. The van der Waals surface area contributed by atoms with E-state index in [9.17, 15) is 4.79 Å². The molecule has 2 fully saturated rings. The van der Waals surface area contributed by atoms with Crippen LogP contribution in [0.25, 0.3) is 0 Å². The molecule has 28 heavy (non-hydrogen) atoms. The van der Waals surface area contributed by atoms with Crippen molar-refractivity contribution in [3.05, 3.63) is 35.9 Å². The molecule has 0 spiro atoms. The summed E-state index contributed by atoms with van der Waals surface area (Å²) in [5.74, 6) is 3.29. The van der Waals surface area contributed by atoms with E-state index in [0.29, 0.717) is 5.91 Å². The van der Waals surface area contributed by atoms with Gasteiger partial charge in [0.05, 0.1) is 6.04 Å². The highest BCUT2D eigenvalue weighted by Gasteiger charge is 2.27. The van der Waals surface area contributed by atoms with Crippen LogP contribution in [0.2, 0.25) is 0 Å². The Kier molecular flexibility index (Phi) is 9.91. The third kappa shape index (κ3) is 7.18. The molecule has 6 heteroatoms. The Hall–Kier alpha value is -0.310. The molecule has 1 aromatic carbocycles. The normalized spacial score (nSPS) is 20.2. The highest BCUT2D eigenvalue weighted by atomic mass is 127. The molecule has 0 radical (unpaired) electrons. The molecule has 1 aliphatic heterocycles. The second kappa shape index (κ2) is 12.4. The minimum Gasteiger partial charge on any atom is -0.339 e. The first-order valence-electron chi connectivity index (χ1n) is 10.7. The van der Waals surface area contributed by atoms with Crippen molar-refractivity contribution in [2.45, 2.75) is 44.7 Å². The number of halogens is 1. The van der Waals surface area contributed by atoms with E-state index in [2.05, 4.69) is 68.0 Å². The Labute approximate surface area is 188 Å². The zero-order valence-electron chi connectivity index (χ0n) is 16.8. The maximum absolute atomic E-state index is 13.1. The Bertz CT molecular complexity index is 574. The molecule has 1 saturated carbocycles. The number of hydrogen-bond donors (Lipinski definition) is 1. The van der Waals surface area contributed by atoms with E-state index in [4.69, 9.17) is 0 Å². The van der Waals surface area contributed by atoms with Gasteiger partial charge in [-0.2, -0.15) is 11.8 Å². The molecule has 1 aromatic rings. The van der Waals surface area contributed by atoms with E-state index in [1.54, 1.807) is 0 Å². The lowest BCUT2D eigenvalue weighted by atomic mass is 9.91. The molecule has 4 nitrogen and oxygen atoms in total. The SMILES string of the molecule is O=C(C(CSCC1CCCCC1)NCI)N1CCN(Cc2ccccc2)CC1. The molecule has 1 heterocycles. The highest BCUT2D eigenvalue weighted by molar-refractivity contribution is 14.1. The number of amides is 1. The Morgan fingerprint density at radius 3 is 2.50 bits per heavy atom. The largest absolute Gasteiger partial charge is 0.339 e. The van der Waals surface area contributed by atoms with Crippen molar-refractivity contribution in [2.24, 2.45) is 5.92 Å². The average molecular weight is 516 g/mol. The van der Waals surface area contributed by atoms with E-state index < -0.39 is 0 Å². The van der Waals surface area contributed by atoms with Gasteiger partial charge in [0, 0.05) is 43.0 Å². The Morgan fingerprint density at radius 1 is 1.11 bits per heavy atom. The molecule has 2 aliphatic rings. The highest BCUT2D eigenvalue weighted by Crippen LogP contribution is 2.27. The van der Waals surface area contributed by atoms with Gasteiger partial charge in [0.15, 0.2) is 0 Å². The molecule has 0 bridgehead atoms. The summed E-state index contributed by atoms with van der Waals surface area (Å²) in [4.78, 5) is 17.6. The third-order valence-corrected chi connectivity index (χ3v) is 7.63. The van der Waals surface area contributed by atoms with Crippen LogP contribution in [0.3, 0.4) is 0 Å². The van der Waals surface area contributed by atoms with Crippen LogP contribution >= 0.6 is 34.4 Å². The first-order valence-corrected chi connectivity index (χ1v) is 13.4. The molecule has 1 N–H and O–H groups in total. The number of nitrogens with zero attached hydrogens (tertiary/aromatic N) is 2. The number of carbonyl (C=O) groups is 1. The molecular weight excluding hydrogens is 481 g/mol. The van der Waals surface area contributed by atoms with E-state index in [0.717, 1.165) is 48.9 Å². The lowest BCUT2D eigenvalue weighted by molar-refractivity contribution is -0.134. The number of rotatable bonds is 9. The maximum atomic E-state index is 13.1. The van der Waals surface area contributed by atoms with Crippen molar-refractivity contribution in [1.29, 1.82) is 0 Å². The number of thioether (sulfide) groups is 1. The van der Waals surface area contributed by atoms with Gasteiger partial charge in [-0.3, -0.25) is 15.0 Å². The number of alkyl halides is 1. The van der Waals surface area contributed by atoms with Crippen LogP contribution in [0, 0.1) is 5.92 Å². The lowest BCUT2D eigenvalue weighted by Gasteiger charge is -2.36. The second-order valence-corrected chi connectivity index (χ2v) is 9.86. The van der Waals surface area contributed by atoms with Crippen molar-refractivity contribution in [3.63, 3.8) is 0 Å². The predicted octanol–water partition coefficient (Wildman–Crippen LogP) is 4.00. The summed E-state index contributed by atoms with van der Waals surface area (Å²) in [5, 5.41) is 3.43. The van der Waals surface area contributed by atoms with Crippen LogP contribution in [-0.4, -0.2) is 64.0 Å². The van der Waals surface area contributed by atoms with E-state index in [1.807, 2.05) is 11.8 Å². The third-order valence-electron chi connectivity index (χ3n) is 5.92. The standard InChI is InChI=1S/C22H34IN3OS/c23-18-24-21(17-28-16-20-9-5-2-6-10-20)22(27)26-13-11-25(12-14-26)15-19-7-3-1-4-8-19/h1,3-4,7-8,20-21,24H,2,5-6,9-18H2. The minimum absolute atomic E-state index is 0.0360. The monoisotopic (exact) mass is 515 g/mol. The zero-order chi connectivity index (χ0) is 19.6. The van der Waals surface area contributed by atoms with Crippen molar-refractivity contribution in [3.8, 4) is 0 Å². The van der Waals surface area contributed by atoms with Crippen LogP contribution in [0.1, 0.15) is 37.7 Å². The number of nitrogens with one attached hydrogen (secondary N) is 1. The molecule has 1 atom stereocenters. The summed E-state index contributed by atoms with van der Waals surface area (Å²) in [6, 6.07) is 10.6. The van der Waals surface area contributed by atoms with Crippen molar-refractivity contribution < 1.29 is 4.79 Å². The average Bonchev–Trinajstić information content (AvgIpc) is 2.75. The predicted molar refractivity (Wildman–Crippen MR) is 128 cm³/mol.